The third kappa shape index (κ3) is 5.27. The van der Waals surface area contributed by atoms with E-state index in [1.165, 1.54) is 0 Å². The van der Waals surface area contributed by atoms with Gasteiger partial charge < -0.3 is 16.0 Å². The first kappa shape index (κ1) is 25.4. The van der Waals surface area contributed by atoms with Crippen molar-refractivity contribution in [3.05, 3.63) is 51.0 Å². The molecule has 1 aliphatic heterocycles. The fourth-order valence-electron chi connectivity index (χ4n) is 3.71. The fourth-order valence-corrected chi connectivity index (χ4v) is 6.28. The molecule has 35 heavy (non-hydrogen) atoms. The van der Waals surface area contributed by atoms with Crippen LogP contribution in [0.4, 0.5) is 24.8 Å². The van der Waals surface area contributed by atoms with Crippen molar-refractivity contribution in [2.24, 2.45) is 5.73 Å². The van der Waals surface area contributed by atoms with Crippen LogP contribution in [0, 0.1) is 0 Å². The Labute approximate surface area is 207 Å². The molecule has 14 heteroatoms. The molecule has 0 spiro atoms. The minimum absolute atomic E-state index is 0.183. The normalized spacial score (nSPS) is 14.6. The van der Waals surface area contributed by atoms with Crippen LogP contribution in [0.5, 0.6) is 0 Å². The summed E-state index contributed by atoms with van der Waals surface area (Å²) in [7, 11) is -1.95. The summed E-state index contributed by atoms with van der Waals surface area (Å²) in [5.74, 6) is -1.26. The average molecular weight is 546 g/mol. The maximum atomic E-state index is 13.7. The first-order valence-electron chi connectivity index (χ1n) is 10.1. The summed E-state index contributed by atoms with van der Waals surface area (Å²) in [4.78, 5) is 20.7. The van der Waals surface area contributed by atoms with Gasteiger partial charge in [-0.25, -0.2) is 18.4 Å². The van der Waals surface area contributed by atoms with Crippen LogP contribution in [0.3, 0.4) is 0 Å². The Balaban J connectivity index is 1.81. The number of carbonyl (C=O) groups excluding carboxylic acids is 1. The van der Waals surface area contributed by atoms with Crippen LogP contribution in [0.2, 0.25) is 5.02 Å². The molecule has 8 nitrogen and oxygen atoms in total. The molecule has 0 bridgehead atoms. The van der Waals surface area contributed by atoms with Gasteiger partial charge in [-0.05, 0) is 42.8 Å². The molecule has 0 aliphatic carbocycles. The molecule has 1 amide bonds. The van der Waals surface area contributed by atoms with E-state index in [0.29, 0.717) is 28.2 Å². The molecule has 0 atom stereocenters. The summed E-state index contributed by atoms with van der Waals surface area (Å²) >= 11 is 6.91. The Morgan fingerprint density at radius 2 is 1.97 bits per heavy atom. The number of thiophene rings is 1. The number of benzene rings is 1. The number of hydrogen-bond acceptors (Lipinski definition) is 8. The van der Waals surface area contributed by atoms with Crippen LogP contribution in [-0.4, -0.2) is 49.0 Å². The van der Waals surface area contributed by atoms with Gasteiger partial charge in [-0.15, -0.1) is 11.3 Å². The first-order chi connectivity index (χ1) is 16.2. The molecule has 4 rings (SSSR count). The van der Waals surface area contributed by atoms with Gasteiger partial charge >= 0.3 is 6.18 Å². The molecule has 3 aromatic rings. The number of hydrogen-bond donors (Lipinski definition) is 2. The summed E-state index contributed by atoms with van der Waals surface area (Å²) in [6.45, 7) is 1.57. The van der Waals surface area contributed by atoms with Gasteiger partial charge in [0.05, 0.1) is 26.2 Å². The molecular weight excluding hydrogens is 527 g/mol. The lowest BCUT2D eigenvalue weighted by Gasteiger charge is -2.26. The maximum absolute atomic E-state index is 13.7. The number of halogens is 4. The molecule has 186 valence electrons. The predicted octanol–water partition coefficient (Wildman–Crippen LogP) is 4.11. The van der Waals surface area contributed by atoms with E-state index in [4.69, 9.17) is 17.3 Å². The highest BCUT2D eigenvalue weighted by atomic mass is 35.5. The van der Waals surface area contributed by atoms with Crippen molar-refractivity contribution in [3.8, 4) is 10.6 Å². The lowest BCUT2D eigenvalue weighted by atomic mass is 9.99. The molecule has 0 saturated carbocycles. The average Bonchev–Trinajstić information content (AvgIpc) is 3.20. The van der Waals surface area contributed by atoms with Crippen molar-refractivity contribution >= 4 is 50.3 Å². The van der Waals surface area contributed by atoms with E-state index in [-0.39, 0.29) is 15.7 Å². The van der Waals surface area contributed by atoms with Gasteiger partial charge in [0.25, 0.3) is 5.91 Å². The Morgan fingerprint density at radius 3 is 2.57 bits per heavy atom. The highest BCUT2D eigenvalue weighted by Crippen LogP contribution is 2.41. The molecule has 2 aromatic heterocycles. The zero-order chi connectivity index (χ0) is 25.7. The minimum Gasteiger partial charge on any atom is -0.365 e. The van der Waals surface area contributed by atoms with E-state index < -0.39 is 38.1 Å². The minimum atomic E-state index is -4.84. The molecule has 0 radical (unpaired) electrons. The maximum Gasteiger partial charge on any atom is 0.420 e. The zero-order valence-corrected chi connectivity index (χ0v) is 20.8. The molecule has 3 N–H and O–H groups in total. The number of rotatable bonds is 5. The molecule has 3 heterocycles. The number of likely N-dealkylation sites (N-methyl/N-ethyl adjacent to an activating group) is 1. The summed E-state index contributed by atoms with van der Waals surface area (Å²) in [5, 5.41) is 3.20. The van der Waals surface area contributed by atoms with E-state index in [0.717, 1.165) is 43.0 Å². The van der Waals surface area contributed by atoms with Crippen molar-refractivity contribution in [2.75, 3.05) is 25.2 Å². The second kappa shape index (κ2) is 9.04. The highest BCUT2D eigenvalue weighted by molar-refractivity contribution is 7.91. The van der Waals surface area contributed by atoms with Crippen LogP contribution in [0.25, 0.3) is 10.6 Å². The van der Waals surface area contributed by atoms with Crippen LogP contribution in [-0.2, 0) is 29.0 Å². The number of amides is 1. The Hall–Kier alpha value is -2.74. The molecule has 0 unspecified atom stereocenters. The lowest BCUT2D eigenvalue weighted by Crippen LogP contribution is -2.26. The van der Waals surface area contributed by atoms with Crippen molar-refractivity contribution in [2.45, 2.75) is 24.0 Å². The number of aromatic nitrogens is 2. The Kier molecular flexibility index (Phi) is 6.55. The Bertz CT molecular complexity index is 1440. The molecular formula is C21H19ClF3N5O3S2. The number of nitrogens with zero attached hydrogens (tertiary/aromatic N) is 3. The van der Waals surface area contributed by atoms with Crippen molar-refractivity contribution in [3.63, 3.8) is 0 Å². The second-order valence-electron chi connectivity index (χ2n) is 8.11. The molecule has 0 fully saturated rings. The van der Waals surface area contributed by atoms with Crippen LogP contribution >= 0.6 is 22.9 Å². The van der Waals surface area contributed by atoms with E-state index in [1.807, 2.05) is 13.1 Å². The number of primary amides is 1. The summed E-state index contributed by atoms with van der Waals surface area (Å²) in [6, 6.07) is 4.56. The van der Waals surface area contributed by atoms with Crippen LogP contribution < -0.4 is 11.1 Å². The largest absolute Gasteiger partial charge is 0.420 e. The van der Waals surface area contributed by atoms with Crippen LogP contribution in [0.1, 0.15) is 26.4 Å². The van der Waals surface area contributed by atoms with E-state index in [1.54, 1.807) is 6.07 Å². The monoisotopic (exact) mass is 545 g/mol. The van der Waals surface area contributed by atoms with Gasteiger partial charge in [-0.2, -0.15) is 13.2 Å². The van der Waals surface area contributed by atoms with E-state index >= 15 is 0 Å². The molecule has 0 saturated heterocycles. The summed E-state index contributed by atoms with van der Waals surface area (Å²) in [5.41, 5.74) is 5.99. The van der Waals surface area contributed by atoms with Gasteiger partial charge in [-0.3, -0.25) is 4.79 Å². The van der Waals surface area contributed by atoms with Crippen LogP contribution in [0.15, 0.2) is 29.3 Å². The highest BCUT2D eigenvalue weighted by Gasteiger charge is 2.37. The number of sulfone groups is 1. The van der Waals surface area contributed by atoms with Gasteiger partial charge in [0.2, 0.25) is 5.95 Å². The first-order valence-corrected chi connectivity index (χ1v) is 13.2. The van der Waals surface area contributed by atoms with Crippen molar-refractivity contribution in [1.82, 2.24) is 14.9 Å². The predicted molar refractivity (Wildman–Crippen MR) is 127 cm³/mol. The van der Waals surface area contributed by atoms with Gasteiger partial charge in [0.1, 0.15) is 10.4 Å². The second-order valence-corrected chi connectivity index (χ2v) is 11.6. The number of nitrogens with two attached hydrogens (primary N) is 1. The summed E-state index contributed by atoms with van der Waals surface area (Å²) in [6.07, 6.45) is -2.64. The Morgan fingerprint density at radius 1 is 1.26 bits per heavy atom. The molecule has 1 aliphatic rings. The van der Waals surface area contributed by atoms with Gasteiger partial charge in [-0.1, -0.05) is 11.6 Å². The standard InChI is InChI=1S/C21H19ClF3N5O3S2/c1-30-4-3-10-6-14(13(22)5-11(10)9-30)28-20-27-8-12(21(23,24)25)17(29-20)15-7-16(35(2,32)33)18(34-15)19(26)31/h5-8H,3-4,9H2,1-2H3,(H2,26,31)(H,27,28,29). The van der Waals surface area contributed by atoms with E-state index in [2.05, 4.69) is 20.2 Å². The number of fused-ring (bicyclic) bond motifs is 1. The SMILES string of the molecule is CN1CCc2cc(Nc3ncc(C(F)(F)F)c(-c4cc(S(C)(=O)=O)c(C(N)=O)s4)n3)c(Cl)cc2C1. The number of anilines is 2. The van der Waals surface area contributed by atoms with Crippen molar-refractivity contribution < 1.29 is 26.4 Å². The number of carbonyl (C=O) groups is 1. The smallest absolute Gasteiger partial charge is 0.365 e. The van der Waals surface area contributed by atoms with Gasteiger partial charge in [0.15, 0.2) is 9.84 Å². The topological polar surface area (TPSA) is 118 Å². The lowest BCUT2D eigenvalue weighted by molar-refractivity contribution is -0.137. The number of alkyl halides is 3. The summed E-state index contributed by atoms with van der Waals surface area (Å²) < 4.78 is 65.4. The van der Waals surface area contributed by atoms with Crippen molar-refractivity contribution in [1.29, 1.82) is 0 Å². The number of nitrogens with one attached hydrogen (secondary N) is 1. The van der Waals surface area contributed by atoms with E-state index in [9.17, 15) is 26.4 Å². The zero-order valence-electron chi connectivity index (χ0n) is 18.4. The quantitative estimate of drug-likeness (QED) is 0.495. The fraction of sp³-hybridized carbons (Fsp3) is 0.286. The third-order valence-electron chi connectivity index (χ3n) is 5.39. The van der Waals surface area contributed by atoms with Gasteiger partial charge in [0, 0.05) is 25.5 Å². The molecule has 1 aromatic carbocycles. The third-order valence-corrected chi connectivity index (χ3v) is 8.11.